The van der Waals surface area contributed by atoms with Gasteiger partial charge in [0.05, 0.1) is 4.91 Å². The van der Waals surface area contributed by atoms with Gasteiger partial charge in [-0.15, -0.1) is 0 Å². The van der Waals surface area contributed by atoms with Crippen LogP contribution in [0.25, 0.3) is 6.08 Å². The summed E-state index contributed by atoms with van der Waals surface area (Å²) in [5.74, 6) is 1.36. The minimum Gasteiger partial charge on any atom is -0.357 e. The van der Waals surface area contributed by atoms with Crippen molar-refractivity contribution in [3.63, 3.8) is 0 Å². The van der Waals surface area contributed by atoms with Gasteiger partial charge in [0.1, 0.15) is 21.8 Å². The van der Waals surface area contributed by atoms with Gasteiger partial charge in [0.2, 0.25) is 0 Å². The van der Waals surface area contributed by atoms with E-state index in [4.69, 9.17) is 12.2 Å². The smallest absolute Gasteiger partial charge is 0.270 e. The zero-order valence-corrected chi connectivity index (χ0v) is 22.5. The van der Waals surface area contributed by atoms with Gasteiger partial charge in [0.15, 0.2) is 0 Å². The maximum absolute atomic E-state index is 13.2. The molecule has 34 heavy (non-hydrogen) atoms. The molecule has 0 saturated carbocycles. The van der Waals surface area contributed by atoms with Crippen LogP contribution in [-0.2, 0) is 11.8 Å². The maximum Gasteiger partial charge on any atom is 0.270 e. The Morgan fingerprint density at radius 2 is 1.79 bits per heavy atom. The van der Waals surface area contributed by atoms with Crippen LogP contribution >= 0.6 is 24.0 Å². The summed E-state index contributed by atoms with van der Waals surface area (Å²) in [6.07, 6.45) is 10.9. The predicted molar refractivity (Wildman–Crippen MR) is 145 cm³/mol. The standard InChI is InChI=1S/C26H36N4O2S2/c1-5-6-7-8-9-10-13-30-25(32)22(34-26(30)33)16-20-19(3)21(17-27)24(31)28(4)23(20)29-14-11-18(2)12-15-29/h16,18H,5-15H2,1-4H3/b22-16-. The number of anilines is 1. The van der Waals surface area contributed by atoms with Crippen LogP contribution in [0.15, 0.2) is 9.70 Å². The molecule has 1 amide bonds. The second-order valence-electron chi connectivity index (χ2n) is 9.48. The lowest BCUT2D eigenvalue weighted by molar-refractivity contribution is -0.122. The van der Waals surface area contributed by atoms with E-state index in [0.717, 1.165) is 50.2 Å². The molecule has 1 aromatic heterocycles. The molecule has 2 aliphatic heterocycles. The first-order chi connectivity index (χ1) is 16.3. The van der Waals surface area contributed by atoms with Crippen LogP contribution in [0.4, 0.5) is 5.82 Å². The van der Waals surface area contributed by atoms with E-state index >= 15 is 0 Å². The van der Waals surface area contributed by atoms with Crippen molar-refractivity contribution in [2.75, 3.05) is 24.5 Å². The molecule has 6 nitrogen and oxygen atoms in total. The summed E-state index contributed by atoms with van der Waals surface area (Å²) in [6.45, 7) is 8.59. The van der Waals surface area contributed by atoms with Crippen molar-refractivity contribution in [1.29, 1.82) is 5.26 Å². The summed E-state index contributed by atoms with van der Waals surface area (Å²) in [4.78, 5) is 30.6. The third kappa shape index (κ3) is 5.75. The number of nitrogens with zero attached hydrogens (tertiary/aromatic N) is 4. The Morgan fingerprint density at radius 1 is 1.15 bits per heavy atom. The maximum atomic E-state index is 13.2. The van der Waals surface area contributed by atoms with Gasteiger partial charge >= 0.3 is 0 Å². The van der Waals surface area contributed by atoms with Crippen molar-refractivity contribution in [3.8, 4) is 6.07 Å². The van der Waals surface area contributed by atoms with E-state index < -0.39 is 0 Å². The number of piperidine rings is 1. The van der Waals surface area contributed by atoms with Crippen molar-refractivity contribution in [2.45, 2.75) is 72.1 Å². The Morgan fingerprint density at radius 3 is 2.44 bits per heavy atom. The predicted octanol–water partition coefficient (Wildman–Crippen LogP) is 5.36. The number of thiocarbonyl (C=S) groups is 1. The Labute approximate surface area is 213 Å². The van der Waals surface area contributed by atoms with Crippen LogP contribution in [0.3, 0.4) is 0 Å². The topological polar surface area (TPSA) is 69.3 Å². The van der Waals surface area contributed by atoms with Crippen LogP contribution in [0.5, 0.6) is 0 Å². The number of pyridine rings is 1. The molecule has 0 spiro atoms. The van der Waals surface area contributed by atoms with Crippen LogP contribution in [0.2, 0.25) is 0 Å². The third-order valence-corrected chi connectivity index (χ3v) is 8.31. The lowest BCUT2D eigenvalue weighted by Gasteiger charge is -2.34. The quantitative estimate of drug-likeness (QED) is 0.258. The van der Waals surface area contributed by atoms with Crippen LogP contribution in [0.1, 0.15) is 81.9 Å². The number of carbonyl (C=O) groups excluding carboxylic acids is 1. The van der Waals surface area contributed by atoms with Gasteiger partial charge < -0.3 is 4.90 Å². The van der Waals surface area contributed by atoms with Crippen molar-refractivity contribution in [3.05, 3.63) is 31.9 Å². The molecule has 0 N–H and O–H groups in total. The number of rotatable bonds is 9. The second-order valence-corrected chi connectivity index (χ2v) is 11.2. The van der Waals surface area contributed by atoms with E-state index in [1.54, 1.807) is 23.4 Å². The summed E-state index contributed by atoms with van der Waals surface area (Å²) in [5.41, 5.74) is 1.24. The molecule has 0 radical (unpaired) electrons. The van der Waals surface area contributed by atoms with Gasteiger partial charge in [-0.1, -0.05) is 69.9 Å². The number of hydrogen-bond acceptors (Lipinski definition) is 6. The first kappa shape index (κ1) is 26.5. The van der Waals surface area contributed by atoms with E-state index in [0.29, 0.717) is 27.3 Å². The fraction of sp³-hybridized carbons (Fsp3) is 0.615. The molecule has 8 heteroatoms. The minimum atomic E-state index is -0.290. The molecule has 184 valence electrons. The minimum absolute atomic E-state index is 0.0754. The number of thioether (sulfide) groups is 1. The number of amides is 1. The molecular weight excluding hydrogens is 464 g/mol. The first-order valence-corrected chi connectivity index (χ1v) is 13.7. The molecule has 3 rings (SSSR count). The SMILES string of the molecule is CCCCCCCCN1C(=O)/C(=C/c2c(C)c(C#N)c(=O)n(C)c2N2CCC(C)CC2)SC1=S. The second kappa shape index (κ2) is 12.0. The van der Waals surface area contributed by atoms with Gasteiger partial charge in [0.25, 0.3) is 11.5 Å². The molecule has 2 fully saturated rings. The highest BCUT2D eigenvalue weighted by Crippen LogP contribution is 2.36. The van der Waals surface area contributed by atoms with Crippen LogP contribution in [-0.4, -0.2) is 39.3 Å². The first-order valence-electron chi connectivity index (χ1n) is 12.4. The Hall–Kier alpha value is -2.11. The number of carbonyl (C=O) groups is 1. The van der Waals surface area contributed by atoms with E-state index in [1.165, 1.54) is 37.4 Å². The monoisotopic (exact) mass is 500 g/mol. The van der Waals surface area contributed by atoms with Crippen LogP contribution in [0, 0.1) is 24.2 Å². The van der Waals surface area contributed by atoms with Gasteiger partial charge in [0, 0.05) is 32.2 Å². The number of unbranched alkanes of at least 4 members (excludes halogenated alkanes) is 5. The fourth-order valence-corrected chi connectivity index (χ4v) is 5.98. The average Bonchev–Trinajstić information content (AvgIpc) is 3.08. The molecule has 2 saturated heterocycles. The molecule has 0 aromatic carbocycles. The molecule has 0 atom stereocenters. The summed E-state index contributed by atoms with van der Waals surface area (Å²) < 4.78 is 2.16. The molecular formula is C26H36N4O2S2. The Balaban J connectivity index is 1.90. The van der Waals surface area contributed by atoms with Gasteiger partial charge in [-0.2, -0.15) is 5.26 Å². The highest BCUT2D eigenvalue weighted by Gasteiger charge is 2.33. The van der Waals surface area contributed by atoms with Crippen molar-refractivity contribution in [2.24, 2.45) is 13.0 Å². The molecule has 2 aliphatic rings. The van der Waals surface area contributed by atoms with Gasteiger partial charge in [-0.25, -0.2) is 0 Å². The zero-order valence-electron chi connectivity index (χ0n) is 20.9. The largest absolute Gasteiger partial charge is 0.357 e. The van der Waals surface area contributed by atoms with E-state index in [9.17, 15) is 14.9 Å². The Bertz CT molecular complexity index is 1060. The Kier molecular flexibility index (Phi) is 9.38. The lowest BCUT2D eigenvalue weighted by Crippen LogP contribution is -2.38. The summed E-state index contributed by atoms with van der Waals surface area (Å²) in [7, 11) is 1.72. The molecule has 0 bridgehead atoms. The van der Waals surface area contributed by atoms with Crippen LogP contribution < -0.4 is 10.5 Å². The highest BCUT2D eigenvalue weighted by atomic mass is 32.2. The number of aromatic nitrogens is 1. The molecule has 0 unspecified atom stereocenters. The van der Waals surface area contributed by atoms with E-state index in [1.807, 2.05) is 6.08 Å². The average molecular weight is 501 g/mol. The third-order valence-electron chi connectivity index (χ3n) is 6.94. The van der Waals surface area contributed by atoms with Crippen molar-refractivity contribution in [1.82, 2.24) is 9.47 Å². The van der Waals surface area contributed by atoms with E-state index in [2.05, 4.69) is 24.8 Å². The molecule has 3 heterocycles. The summed E-state index contributed by atoms with van der Waals surface area (Å²) in [5, 5.41) is 9.66. The van der Waals surface area contributed by atoms with Gasteiger partial charge in [-0.3, -0.25) is 19.1 Å². The lowest BCUT2D eigenvalue weighted by atomic mass is 9.97. The van der Waals surface area contributed by atoms with Gasteiger partial charge in [-0.05, 0) is 43.7 Å². The van der Waals surface area contributed by atoms with Crippen molar-refractivity contribution < 1.29 is 4.79 Å². The summed E-state index contributed by atoms with van der Waals surface area (Å²) >= 11 is 6.86. The zero-order chi connectivity index (χ0) is 24.8. The number of hydrogen-bond donors (Lipinski definition) is 0. The molecule has 0 aliphatic carbocycles. The van der Waals surface area contributed by atoms with Crippen molar-refractivity contribution >= 4 is 46.1 Å². The fourth-order valence-electron chi connectivity index (χ4n) is 4.69. The molecule has 1 aromatic rings. The van der Waals surface area contributed by atoms with E-state index in [-0.39, 0.29) is 17.0 Å². The normalized spacial score (nSPS) is 18.3. The highest BCUT2D eigenvalue weighted by molar-refractivity contribution is 8.26. The summed E-state index contributed by atoms with van der Waals surface area (Å²) in [6, 6.07) is 2.08. The number of nitriles is 1.